The number of nitrogens with one attached hydrogen (secondary N) is 2. The molecule has 0 spiro atoms. The summed E-state index contributed by atoms with van der Waals surface area (Å²) >= 11 is 0. The maximum Gasteiger partial charge on any atom is 0.246 e. The fraction of sp³-hybridized carbons (Fsp3) is 0.130. The molecule has 3 aromatic carbocycles. The van der Waals surface area contributed by atoms with E-state index in [2.05, 4.69) is 16.7 Å². The normalized spacial score (nSPS) is 11.3. The number of benzene rings is 3. The highest BCUT2D eigenvalue weighted by Gasteiger charge is 2.14. The van der Waals surface area contributed by atoms with Gasteiger partial charge in [0.05, 0.1) is 11.6 Å². The molecule has 3 rings (SSSR count). The van der Waals surface area contributed by atoms with Crippen molar-refractivity contribution in [1.82, 2.24) is 0 Å². The van der Waals surface area contributed by atoms with Crippen LogP contribution in [0.15, 0.2) is 66.7 Å². The molecule has 0 bridgehead atoms. The number of nitriles is 1. The average Bonchev–Trinajstić information content (AvgIpc) is 2.76. The van der Waals surface area contributed by atoms with Crippen LogP contribution in [0.2, 0.25) is 0 Å². The van der Waals surface area contributed by atoms with Crippen LogP contribution in [-0.2, 0) is 11.4 Å². The van der Waals surface area contributed by atoms with Crippen molar-refractivity contribution in [2.24, 2.45) is 0 Å². The van der Waals surface area contributed by atoms with Gasteiger partial charge in [-0.25, -0.2) is 8.78 Å². The zero-order valence-corrected chi connectivity index (χ0v) is 16.2. The lowest BCUT2D eigenvalue weighted by Crippen LogP contribution is -2.31. The van der Waals surface area contributed by atoms with E-state index < -0.39 is 23.6 Å². The molecule has 1 unspecified atom stereocenters. The summed E-state index contributed by atoms with van der Waals surface area (Å²) in [4.78, 5) is 12.3. The Balaban J connectivity index is 1.53. The molecule has 0 radical (unpaired) electrons. The van der Waals surface area contributed by atoms with Gasteiger partial charge in [-0.15, -0.1) is 0 Å². The minimum Gasteiger partial charge on any atom is -0.489 e. The third-order valence-corrected chi connectivity index (χ3v) is 4.28. The van der Waals surface area contributed by atoms with Crippen molar-refractivity contribution < 1.29 is 18.3 Å². The van der Waals surface area contributed by atoms with E-state index in [9.17, 15) is 13.6 Å². The van der Waals surface area contributed by atoms with Crippen LogP contribution in [0.5, 0.6) is 5.75 Å². The monoisotopic (exact) mass is 407 g/mol. The third-order valence-electron chi connectivity index (χ3n) is 4.28. The minimum absolute atomic E-state index is 0.178. The van der Waals surface area contributed by atoms with Crippen LogP contribution in [0, 0.1) is 23.0 Å². The molecule has 0 saturated heterocycles. The summed E-state index contributed by atoms with van der Waals surface area (Å²) < 4.78 is 31.9. The molecule has 0 aromatic heterocycles. The zero-order chi connectivity index (χ0) is 21.5. The fourth-order valence-corrected chi connectivity index (χ4v) is 2.68. The molecular weight excluding hydrogens is 388 g/mol. The maximum absolute atomic E-state index is 13.3. The summed E-state index contributed by atoms with van der Waals surface area (Å²) in [6, 6.07) is 18.9. The van der Waals surface area contributed by atoms with Crippen LogP contribution < -0.4 is 15.4 Å². The summed E-state index contributed by atoms with van der Waals surface area (Å²) in [7, 11) is 0. The third kappa shape index (κ3) is 5.55. The van der Waals surface area contributed by atoms with Gasteiger partial charge in [-0.05, 0) is 61.0 Å². The Hall–Kier alpha value is -3.92. The topological polar surface area (TPSA) is 74.1 Å². The largest absolute Gasteiger partial charge is 0.489 e. The van der Waals surface area contributed by atoms with Crippen LogP contribution in [-0.4, -0.2) is 11.9 Å². The van der Waals surface area contributed by atoms with E-state index in [1.165, 1.54) is 6.07 Å². The van der Waals surface area contributed by atoms with Crippen LogP contribution in [0.4, 0.5) is 20.2 Å². The van der Waals surface area contributed by atoms with Gasteiger partial charge < -0.3 is 15.4 Å². The SMILES string of the molecule is CC(Nc1ccc(OCc2cccc(C#N)c2)cc1)C(=O)Nc1ccc(F)c(F)c1. The first kappa shape index (κ1) is 20.8. The van der Waals surface area contributed by atoms with Crippen LogP contribution >= 0.6 is 0 Å². The van der Waals surface area contributed by atoms with Crippen molar-refractivity contribution in [3.05, 3.63) is 89.5 Å². The molecule has 1 atom stereocenters. The van der Waals surface area contributed by atoms with Crippen LogP contribution in [0.1, 0.15) is 18.1 Å². The molecule has 0 heterocycles. The predicted octanol–water partition coefficient (Wildman–Crippen LogP) is 4.85. The molecule has 0 fully saturated rings. The van der Waals surface area contributed by atoms with Crippen LogP contribution in [0.3, 0.4) is 0 Å². The number of amides is 1. The van der Waals surface area contributed by atoms with Gasteiger partial charge in [0.15, 0.2) is 11.6 Å². The van der Waals surface area contributed by atoms with Crippen molar-refractivity contribution in [2.45, 2.75) is 19.6 Å². The molecule has 2 N–H and O–H groups in total. The van der Waals surface area contributed by atoms with Gasteiger partial charge in [0.1, 0.15) is 18.4 Å². The number of nitrogens with zero attached hydrogens (tertiary/aromatic N) is 1. The second-order valence-corrected chi connectivity index (χ2v) is 6.61. The van der Waals surface area contributed by atoms with E-state index in [0.717, 1.165) is 17.7 Å². The van der Waals surface area contributed by atoms with Crippen molar-refractivity contribution in [3.63, 3.8) is 0 Å². The highest BCUT2D eigenvalue weighted by atomic mass is 19.2. The summed E-state index contributed by atoms with van der Waals surface area (Å²) in [5.41, 5.74) is 2.34. The van der Waals surface area contributed by atoms with E-state index in [-0.39, 0.29) is 5.69 Å². The zero-order valence-electron chi connectivity index (χ0n) is 16.2. The van der Waals surface area contributed by atoms with Gasteiger partial charge in [0.2, 0.25) is 5.91 Å². The highest BCUT2D eigenvalue weighted by Crippen LogP contribution is 2.19. The number of rotatable bonds is 7. The number of anilines is 2. The Morgan fingerprint density at radius 1 is 1.03 bits per heavy atom. The molecule has 0 aliphatic carbocycles. The number of hydrogen-bond donors (Lipinski definition) is 2. The number of carbonyl (C=O) groups excluding carboxylic acids is 1. The van der Waals surface area contributed by atoms with Gasteiger partial charge >= 0.3 is 0 Å². The predicted molar refractivity (Wildman–Crippen MR) is 110 cm³/mol. The Labute approximate surface area is 172 Å². The number of hydrogen-bond acceptors (Lipinski definition) is 4. The van der Waals surface area contributed by atoms with E-state index in [1.54, 1.807) is 49.4 Å². The Kier molecular flexibility index (Phi) is 6.60. The van der Waals surface area contributed by atoms with Crippen molar-refractivity contribution in [1.29, 1.82) is 5.26 Å². The number of halogens is 2. The van der Waals surface area contributed by atoms with E-state index in [4.69, 9.17) is 10.00 Å². The van der Waals surface area contributed by atoms with Gasteiger partial charge in [-0.2, -0.15) is 5.26 Å². The van der Waals surface area contributed by atoms with E-state index in [0.29, 0.717) is 23.6 Å². The molecule has 30 heavy (non-hydrogen) atoms. The molecule has 5 nitrogen and oxygen atoms in total. The lowest BCUT2D eigenvalue weighted by Gasteiger charge is -2.16. The Morgan fingerprint density at radius 2 is 1.77 bits per heavy atom. The minimum atomic E-state index is -1.02. The van der Waals surface area contributed by atoms with Gasteiger partial charge in [0.25, 0.3) is 0 Å². The highest BCUT2D eigenvalue weighted by molar-refractivity contribution is 5.96. The first-order valence-corrected chi connectivity index (χ1v) is 9.19. The molecule has 3 aromatic rings. The Bertz CT molecular complexity index is 1080. The molecule has 0 aliphatic rings. The lowest BCUT2D eigenvalue weighted by molar-refractivity contribution is -0.116. The molecule has 152 valence electrons. The van der Waals surface area contributed by atoms with E-state index >= 15 is 0 Å². The molecule has 1 amide bonds. The fourth-order valence-electron chi connectivity index (χ4n) is 2.68. The summed E-state index contributed by atoms with van der Waals surface area (Å²) in [6.07, 6.45) is 0. The molecular formula is C23H19F2N3O2. The summed E-state index contributed by atoms with van der Waals surface area (Å²) in [5.74, 6) is -1.75. The first-order valence-electron chi connectivity index (χ1n) is 9.19. The van der Waals surface area contributed by atoms with E-state index in [1.807, 2.05) is 6.07 Å². The molecule has 0 saturated carbocycles. The second kappa shape index (κ2) is 9.52. The maximum atomic E-state index is 13.3. The lowest BCUT2D eigenvalue weighted by atomic mass is 10.1. The molecule has 7 heteroatoms. The van der Waals surface area contributed by atoms with Gasteiger partial charge in [0, 0.05) is 17.4 Å². The summed E-state index contributed by atoms with van der Waals surface area (Å²) in [5, 5.41) is 14.5. The van der Waals surface area contributed by atoms with Gasteiger partial charge in [-0.1, -0.05) is 12.1 Å². The quantitative estimate of drug-likeness (QED) is 0.587. The number of ether oxygens (including phenoxy) is 1. The first-order chi connectivity index (χ1) is 14.4. The van der Waals surface area contributed by atoms with Crippen molar-refractivity contribution >= 4 is 17.3 Å². The van der Waals surface area contributed by atoms with Crippen molar-refractivity contribution in [2.75, 3.05) is 10.6 Å². The average molecular weight is 407 g/mol. The van der Waals surface area contributed by atoms with Crippen molar-refractivity contribution in [3.8, 4) is 11.8 Å². The second-order valence-electron chi connectivity index (χ2n) is 6.61. The number of carbonyl (C=O) groups is 1. The Morgan fingerprint density at radius 3 is 2.47 bits per heavy atom. The van der Waals surface area contributed by atoms with Crippen LogP contribution in [0.25, 0.3) is 0 Å². The van der Waals surface area contributed by atoms with Gasteiger partial charge in [-0.3, -0.25) is 4.79 Å². The smallest absolute Gasteiger partial charge is 0.246 e. The standard InChI is InChI=1S/C23H19F2N3O2/c1-15(23(29)28-19-7-10-21(24)22(25)12-19)27-18-5-8-20(9-6-18)30-14-17-4-2-3-16(11-17)13-26/h2-12,15,27H,14H2,1H3,(H,28,29). The summed E-state index contributed by atoms with van der Waals surface area (Å²) in [6.45, 7) is 1.98. The molecule has 0 aliphatic heterocycles.